The highest BCUT2D eigenvalue weighted by Gasteiger charge is 2.28. The molecule has 9 nitrogen and oxygen atoms in total. The summed E-state index contributed by atoms with van der Waals surface area (Å²) in [7, 11) is 0. The normalized spacial score (nSPS) is 24.5. The number of H-pyrrole nitrogens is 1. The van der Waals surface area contributed by atoms with Gasteiger partial charge in [-0.05, 0) is 19.1 Å². The lowest BCUT2D eigenvalue weighted by Gasteiger charge is -2.34. The van der Waals surface area contributed by atoms with E-state index in [2.05, 4.69) is 36.1 Å². The predicted octanol–water partition coefficient (Wildman–Crippen LogP) is -0.387. The molecule has 3 aliphatic heterocycles. The Morgan fingerprint density at radius 1 is 1.33 bits per heavy atom. The first-order valence-corrected chi connectivity index (χ1v) is 6.83. The van der Waals surface area contributed by atoms with E-state index in [-0.39, 0.29) is 6.10 Å². The van der Waals surface area contributed by atoms with Crippen LogP contribution >= 0.6 is 0 Å². The third-order valence-electron chi connectivity index (χ3n) is 3.55. The monoisotopic (exact) mass is 288 g/mol. The Balaban J connectivity index is 1.51. The van der Waals surface area contributed by atoms with E-state index >= 15 is 0 Å². The van der Waals surface area contributed by atoms with Crippen molar-refractivity contribution in [3.05, 3.63) is 29.9 Å². The number of nitrogens with one attached hydrogen (secondary N) is 3. The topological polar surface area (TPSA) is 93.2 Å². The van der Waals surface area contributed by atoms with Crippen molar-refractivity contribution in [2.24, 2.45) is 10.2 Å². The number of ether oxygens (including phenoxy) is 1. The molecule has 4 heterocycles. The predicted molar refractivity (Wildman–Crippen MR) is 75.7 cm³/mol. The van der Waals surface area contributed by atoms with Gasteiger partial charge >= 0.3 is 0 Å². The molecule has 1 saturated heterocycles. The lowest BCUT2D eigenvalue weighted by Crippen LogP contribution is -2.46. The van der Waals surface area contributed by atoms with E-state index in [9.17, 15) is 0 Å². The SMILES string of the molecule is Cc1cnc(C2CN(C3=NN4NNN=C4C=C3)CCO2)[nH]1. The van der Waals surface area contributed by atoms with Crippen LogP contribution in [0.5, 0.6) is 0 Å². The number of morpholine rings is 1. The zero-order chi connectivity index (χ0) is 14.2. The molecule has 1 unspecified atom stereocenters. The number of aryl methyl sites for hydroxylation is 1. The summed E-state index contributed by atoms with van der Waals surface area (Å²) in [6, 6.07) is 0. The minimum atomic E-state index is -0.0664. The van der Waals surface area contributed by atoms with Crippen LogP contribution < -0.4 is 11.1 Å². The summed E-state index contributed by atoms with van der Waals surface area (Å²) in [6.45, 7) is 4.14. The van der Waals surface area contributed by atoms with Crippen LogP contribution in [0.25, 0.3) is 0 Å². The van der Waals surface area contributed by atoms with Crippen LogP contribution in [0.1, 0.15) is 17.6 Å². The van der Waals surface area contributed by atoms with Crippen molar-refractivity contribution in [2.75, 3.05) is 19.7 Å². The molecule has 1 fully saturated rings. The summed E-state index contributed by atoms with van der Waals surface area (Å²) in [5.41, 5.74) is 6.55. The third kappa shape index (κ3) is 2.26. The van der Waals surface area contributed by atoms with Crippen LogP contribution in [0.15, 0.2) is 28.6 Å². The molecule has 0 amide bonds. The second-order valence-corrected chi connectivity index (χ2v) is 5.05. The molecule has 3 N–H and O–H groups in total. The smallest absolute Gasteiger partial charge is 0.189 e. The van der Waals surface area contributed by atoms with Crippen molar-refractivity contribution >= 4 is 11.7 Å². The van der Waals surface area contributed by atoms with Gasteiger partial charge in [0.15, 0.2) is 11.7 Å². The van der Waals surface area contributed by atoms with E-state index in [1.54, 1.807) is 5.12 Å². The van der Waals surface area contributed by atoms with Gasteiger partial charge in [-0.3, -0.25) is 0 Å². The number of hydrogen-bond donors (Lipinski definition) is 3. The van der Waals surface area contributed by atoms with E-state index in [4.69, 9.17) is 4.74 Å². The summed E-state index contributed by atoms with van der Waals surface area (Å²) in [4.78, 5) is 9.77. The van der Waals surface area contributed by atoms with Gasteiger partial charge in [0.1, 0.15) is 11.9 Å². The van der Waals surface area contributed by atoms with Crippen LogP contribution in [0.2, 0.25) is 0 Å². The van der Waals surface area contributed by atoms with Crippen molar-refractivity contribution in [1.82, 2.24) is 31.1 Å². The van der Waals surface area contributed by atoms with Gasteiger partial charge in [-0.1, -0.05) is 0 Å². The zero-order valence-corrected chi connectivity index (χ0v) is 11.6. The highest BCUT2D eigenvalue weighted by Crippen LogP contribution is 2.21. The lowest BCUT2D eigenvalue weighted by molar-refractivity contribution is -0.0116. The quantitative estimate of drug-likeness (QED) is 0.652. The number of nitrogens with zero attached hydrogens (tertiary/aromatic N) is 5. The van der Waals surface area contributed by atoms with Crippen LogP contribution in [-0.4, -0.2) is 51.4 Å². The molecule has 110 valence electrons. The highest BCUT2D eigenvalue weighted by molar-refractivity contribution is 6.05. The minimum absolute atomic E-state index is 0.0664. The average Bonchev–Trinajstić information content (AvgIpc) is 3.15. The number of rotatable bonds is 1. The Labute approximate surface area is 121 Å². The minimum Gasteiger partial charge on any atom is -0.367 e. The first-order valence-electron chi connectivity index (χ1n) is 6.83. The average molecular weight is 288 g/mol. The molecule has 0 aliphatic carbocycles. The second kappa shape index (κ2) is 4.86. The molecule has 1 aromatic rings. The summed E-state index contributed by atoms with van der Waals surface area (Å²) in [6.07, 6.45) is 5.62. The second-order valence-electron chi connectivity index (χ2n) is 5.05. The molecule has 21 heavy (non-hydrogen) atoms. The van der Waals surface area contributed by atoms with Gasteiger partial charge in [-0.25, -0.2) is 10.5 Å². The summed E-state index contributed by atoms with van der Waals surface area (Å²) in [5.74, 6) is 2.48. The van der Waals surface area contributed by atoms with Crippen molar-refractivity contribution in [3.8, 4) is 0 Å². The lowest BCUT2D eigenvalue weighted by atomic mass is 10.2. The van der Waals surface area contributed by atoms with Gasteiger partial charge < -0.3 is 14.6 Å². The Morgan fingerprint density at radius 2 is 2.24 bits per heavy atom. The Morgan fingerprint density at radius 3 is 3.10 bits per heavy atom. The highest BCUT2D eigenvalue weighted by atomic mass is 16.5. The molecule has 0 saturated carbocycles. The maximum absolute atomic E-state index is 5.81. The van der Waals surface area contributed by atoms with E-state index in [0.717, 1.165) is 29.7 Å². The number of hydrazone groups is 2. The molecule has 1 atom stereocenters. The van der Waals surface area contributed by atoms with E-state index < -0.39 is 0 Å². The summed E-state index contributed by atoms with van der Waals surface area (Å²) < 4.78 is 5.81. The molecule has 0 radical (unpaired) electrons. The maximum Gasteiger partial charge on any atom is 0.189 e. The van der Waals surface area contributed by atoms with Crippen molar-refractivity contribution in [1.29, 1.82) is 0 Å². The van der Waals surface area contributed by atoms with Gasteiger partial charge in [0.25, 0.3) is 0 Å². The number of amidine groups is 2. The molecule has 0 bridgehead atoms. The molecule has 0 spiro atoms. The number of aromatic nitrogens is 2. The van der Waals surface area contributed by atoms with Crippen molar-refractivity contribution in [2.45, 2.75) is 13.0 Å². The van der Waals surface area contributed by atoms with E-state index in [1.807, 2.05) is 25.3 Å². The molecule has 3 aliphatic rings. The van der Waals surface area contributed by atoms with Crippen LogP contribution in [0, 0.1) is 6.92 Å². The van der Waals surface area contributed by atoms with Gasteiger partial charge in [0.05, 0.1) is 13.2 Å². The van der Waals surface area contributed by atoms with Crippen LogP contribution in [-0.2, 0) is 4.74 Å². The van der Waals surface area contributed by atoms with Gasteiger partial charge in [0, 0.05) is 18.4 Å². The molecule has 4 rings (SSSR count). The van der Waals surface area contributed by atoms with Crippen molar-refractivity contribution in [3.63, 3.8) is 0 Å². The largest absolute Gasteiger partial charge is 0.367 e. The molecular formula is C12H16N8O. The first-order chi connectivity index (χ1) is 10.3. The van der Waals surface area contributed by atoms with Gasteiger partial charge in [-0.2, -0.15) is 5.12 Å². The zero-order valence-electron chi connectivity index (χ0n) is 11.6. The Kier molecular flexibility index (Phi) is 2.86. The van der Waals surface area contributed by atoms with Crippen molar-refractivity contribution < 1.29 is 4.74 Å². The number of imidazole rings is 1. The number of aromatic amines is 1. The first kappa shape index (κ1) is 12.4. The Bertz CT molecular complexity index is 633. The van der Waals surface area contributed by atoms with Gasteiger partial charge in [0.2, 0.25) is 0 Å². The molecule has 1 aromatic heterocycles. The molecular weight excluding hydrogens is 272 g/mol. The fourth-order valence-corrected chi connectivity index (χ4v) is 2.49. The number of fused-ring (bicyclic) bond motifs is 1. The Hall–Kier alpha value is -2.39. The third-order valence-corrected chi connectivity index (χ3v) is 3.55. The molecule has 0 aromatic carbocycles. The standard InChI is InChI=1S/C12H16N8O/c1-8-6-13-12(14-8)9-7-19(4-5-21-9)11-3-2-10-15-17-18-20(10)16-11/h2-3,6,9,17-18H,4-5,7H2,1H3,(H,13,14). The summed E-state index contributed by atoms with van der Waals surface area (Å²) >= 11 is 0. The number of hydrogen-bond acceptors (Lipinski definition) is 8. The number of hydrazine groups is 2. The van der Waals surface area contributed by atoms with E-state index in [0.29, 0.717) is 13.2 Å². The van der Waals surface area contributed by atoms with Crippen LogP contribution in [0.4, 0.5) is 0 Å². The summed E-state index contributed by atoms with van der Waals surface area (Å²) in [5, 5.41) is 10.1. The van der Waals surface area contributed by atoms with Gasteiger partial charge in [-0.15, -0.1) is 15.7 Å². The van der Waals surface area contributed by atoms with E-state index in [1.165, 1.54) is 0 Å². The fraction of sp³-hybridized carbons (Fsp3) is 0.417. The maximum atomic E-state index is 5.81. The molecule has 9 heteroatoms. The fourth-order valence-electron chi connectivity index (χ4n) is 2.49. The van der Waals surface area contributed by atoms with Crippen LogP contribution in [0.3, 0.4) is 0 Å².